The van der Waals surface area contributed by atoms with Gasteiger partial charge in [0, 0.05) is 43.5 Å². The van der Waals surface area contributed by atoms with Gasteiger partial charge in [0.05, 0.1) is 10.6 Å². The van der Waals surface area contributed by atoms with Crippen molar-refractivity contribution >= 4 is 17.5 Å². The minimum Gasteiger partial charge on any atom is -0.405 e. The van der Waals surface area contributed by atoms with Gasteiger partial charge in [-0.3, -0.25) is 14.8 Å². The molecule has 0 atom stereocenters. The summed E-state index contributed by atoms with van der Waals surface area (Å²) in [6.45, 7) is 2.61. The second kappa shape index (κ2) is 11.8. The van der Waals surface area contributed by atoms with Crippen LogP contribution < -0.4 is 21.1 Å². The lowest BCUT2D eigenvalue weighted by Gasteiger charge is -2.29. The van der Waals surface area contributed by atoms with Crippen LogP contribution >= 0.6 is 0 Å². The summed E-state index contributed by atoms with van der Waals surface area (Å²) in [5, 5.41) is 22.5. The lowest BCUT2D eigenvalue weighted by Crippen LogP contribution is -2.33. The van der Waals surface area contributed by atoms with Crippen molar-refractivity contribution in [1.82, 2.24) is 25.1 Å². The van der Waals surface area contributed by atoms with Crippen molar-refractivity contribution in [2.45, 2.75) is 64.5 Å². The average molecular weight is 549 g/mol. The second-order valence-electron chi connectivity index (χ2n) is 9.71. The van der Waals surface area contributed by atoms with Gasteiger partial charge in [0.25, 0.3) is 0 Å². The van der Waals surface area contributed by atoms with Crippen molar-refractivity contribution < 1.29 is 22.8 Å². The molecule has 1 fully saturated rings. The van der Waals surface area contributed by atoms with E-state index in [4.69, 9.17) is 5.73 Å². The van der Waals surface area contributed by atoms with Gasteiger partial charge in [-0.2, -0.15) is 10.1 Å². The molecule has 14 heteroatoms. The van der Waals surface area contributed by atoms with Gasteiger partial charge in [0.2, 0.25) is 11.8 Å². The molecular formula is C25H31F3N8O3. The van der Waals surface area contributed by atoms with Gasteiger partial charge in [-0.1, -0.05) is 18.2 Å². The monoisotopic (exact) mass is 548 g/mol. The predicted octanol–water partition coefficient (Wildman–Crippen LogP) is 4.41. The molecule has 4 N–H and O–H groups in total. The Morgan fingerprint density at radius 3 is 2.51 bits per heavy atom. The number of halogens is 3. The zero-order valence-corrected chi connectivity index (χ0v) is 21.7. The first-order valence-corrected chi connectivity index (χ1v) is 12.6. The largest absolute Gasteiger partial charge is 0.573 e. The topological polar surface area (TPSA) is 146 Å². The highest BCUT2D eigenvalue weighted by Crippen LogP contribution is 2.33. The number of rotatable bonds is 10. The van der Waals surface area contributed by atoms with Gasteiger partial charge >= 0.3 is 12.0 Å². The maximum Gasteiger partial charge on any atom is 0.573 e. The third kappa shape index (κ3) is 7.56. The predicted molar refractivity (Wildman–Crippen MR) is 138 cm³/mol. The van der Waals surface area contributed by atoms with Gasteiger partial charge in [-0.25, -0.2) is 4.98 Å². The van der Waals surface area contributed by atoms with Gasteiger partial charge in [-0.05, 0) is 51.0 Å². The average Bonchev–Trinajstić information content (AvgIpc) is 3.18. The van der Waals surface area contributed by atoms with Crippen LogP contribution in [0.4, 0.5) is 30.6 Å². The van der Waals surface area contributed by atoms with Crippen LogP contribution in [0, 0.1) is 23.0 Å². The molecule has 210 valence electrons. The summed E-state index contributed by atoms with van der Waals surface area (Å²) in [6, 6.07) is 5.99. The molecule has 2 aromatic heterocycles. The highest BCUT2D eigenvalue weighted by Gasteiger charge is 2.32. The van der Waals surface area contributed by atoms with Crippen LogP contribution in [0.25, 0.3) is 0 Å². The Kier molecular flexibility index (Phi) is 8.53. The van der Waals surface area contributed by atoms with Gasteiger partial charge in [0.1, 0.15) is 11.4 Å². The lowest BCUT2D eigenvalue weighted by molar-refractivity contribution is -0.385. The molecule has 11 nitrogen and oxygen atoms in total. The van der Waals surface area contributed by atoms with E-state index < -0.39 is 11.3 Å². The Morgan fingerprint density at radius 2 is 1.87 bits per heavy atom. The summed E-state index contributed by atoms with van der Waals surface area (Å²) in [4.78, 5) is 19.5. The van der Waals surface area contributed by atoms with Gasteiger partial charge in [0.15, 0.2) is 0 Å². The zero-order valence-electron chi connectivity index (χ0n) is 21.7. The van der Waals surface area contributed by atoms with E-state index in [-0.39, 0.29) is 46.9 Å². The SMILES string of the molecule is Cc1nn(C)cc1CN[C@H]1CC[C@H](Cc2nc(NCc3ccccc3OC(F)(F)F)nc(N)c2[N+](=O)[O-])CC1. The fourth-order valence-electron chi connectivity index (χ4n) is 4.91. The zero-order chi connectivity index (χ0) is 28.2. The quantitative estimate of drug-likeness (QED) is 0.248. The van der Waals surface area contributed by atoms with Crippen LogP contribution in [-0.2, 0) is 26.6 Å². The normalized spacial score (nSPS) is 17.7. The molecule has 4 rings (SSSR count). The van der Waals surface area contributed by atoms with Crippen LogP contribution in [0.2, 0.25) is 0 Å². The Morgan fingerprint density at radius 1 is 1.15 bits per heavy atom. The van der Waals surface area contributed by atoms with Crippen LogP contribution in [0.1, 0.15) is 48.2 Å². The third-order valence-electron chi connectivity index (χ3n) is 6.83. The Labute approximate surface area is 223 Å². The van der Waals surface area contributed by atoms with E-state index in [0.29, 0.717) is 12.5 Å². The minimum atomic E-state index is -4.84. The number of anilines is 2. The smallest absolute Gasteiger partial charge is 0.405 e. The minimum absolute atomic E-state index is 0.00268. The number of aryl methyl sites for hydroxylation is 2. The molecule has 1 saturated carbocycles. The number of benzene rings is 1. The molecule has 1 aliphatic rings. The van der Waals surface area contributed by atoms with Crippen LogP contribution in [0.5, 0.6) is 5.75 Å². The number of nitrogens with two attached hydrogens (primary N) is 1. The Bertz CT molecular complexity index is 1310. The van der Waals surface area contributed by atoms with Crippen molar-refractivity contribution in [3.05, 3.63) is 63.1 Å². The van der Waals surface area contributed by atoms with Crippen LogP contribution in [0.15, 0.2) is 30.5 Å². The summed E-state index contributed by atoms with van der Waals surface area (Å²) in [5.41, 5.74) is 8.14. The van der Waals surface area contributed by atoms with E-state index in [2.05, 4.69) is 30.4 Å². The van der Waals surface area contributed by atoms with Crippen molar-refractivity contribution in [1.29, 1.82) is 0 Å². The number of nitrogen functional groups attached to an aromatic ring is 1. The van der Waals surface area contributed by atoms with E-state index in [1.165, 1.54) is 18.2 Å². The lowest BCUT2D eigenvalue weighted by atomic mass is 9.83. The van der Waals surface area contributed by atoms with Crippen molar-refractivity contribution in [3.63, 3.8) is 0 Å². The molecule has 0 unspecified atom stereocenters. The van der Waals surface area contributed by atoms with E-state index >= 15 is 0 Å². The molecule has 0 bridgehead atoms. The molecule has 0 amide bonds. The first kappa shape index (κ1) is 28.1. The van der Waals surface area contributed by atoms with Gasteiger partial charge < -0.3 is 21.1 Å². The van der Waals surface area contributed by atoms with Crippen LogP contribution in [0.3, 0.4) is 0 Å². The number of hydrogen-bond acceptors (Lipinski definition) is 9. The van der Waals surface area contributed by atoms with Crippen molar-refractivity contribution in [3.8, 4) is 5.75 Å². The standard InChI is InChI=1S/C25H31F3N8O3/c1-15-18(14-35(2)34-15)13-30-19-9-7-16(8-10-19)11-20-22(36(37)38)23(29)33-24(32-20)31-12-17-5-3-4-6-21(17)39-25(26,27)28/h3-6,14,16,19,30H,7-13H2,1-2H3,(H3,29,31,32,33)/t16-,19-. The first-order valence-electron chi connectivity index (χ1n) is 12.6. The molecule has 0 aliphatic heterocycles. The van der Waals surface area contributed by atoms with Crippen molar-refractivity contribution in [2.75, 3.05) is 11.1 Å². The molecule has 3 aromatic rings. The summed E-state index contributed by atoms with van der Waals surface area (Å²) >= 11 is 0. The number of nitrogens with one attached hydrogen (secondary N) is 2. The Balaban J connectivity index is 1.40. The number of aromatic nitrogens is 4. The number of para-hydroxylation sites is 1. The molecule has 0 saturated heterocycles. The molecule has 0 spiro atoms. The number of nitrogens with zero attached hydrogens (tertiary/aromatic N) is 5. The van der Waals surface area contributed by atoms with Crippen LogP contribution in [-0.4, -0.2) is 37.1 Å². The highest BCUT2D eigenvalue weighted by atomic mass is 19.4. The maximum atomic E-state index is 12.7. The molecule has 1 aliphatic carbocycles. The van der Waals surface area contributed by atoms with E-state index in [1.54, 1.807) is 10.7 Å². The fourth-order valence-corrected chi connectivity index (χ4v) is 4.91. The highest BCUT2D eigenvalue weighted by molar-refractivity contribution is 5.58. The summed E-state index contributed by atoms with van der Waals surface area (Å²) in [6.07, 6.45) is 1.05. The number of ether oxygens (including phenoxy) is 1. The summed E-state index contributed by atoms with van der Waals surface area (Å²) in [5.74, 6) is -0.492. The fraction of sp³-hybridized carbons (Fsp3) is 0.480. The molecule has 0 radical (unpaired) electrons. The first-order chi connectivity index (χ1) is 18.5. The molecule has 2 heterocycles. The number of nitro groups is 1. The summed E-state index contributed by atoms with van der Waals surface area (Å²) < 4.78 is 44.1. The second-order valence-corrected chi connectivity index (χ2v) is 9.71. The third-order valence-corrected chi connectivity index (χ3v) is 6.83. The Hall–Kier alpha value is -3.94. The summed E-state index contributed by atoms with van der Waals surface area (Å²) in [7, 11) is 1.89. The van der Waals surface area contributed by atoms with E-state index in [9.17, 15) is 23.3 Å². The number of hydrogen-bond donors (Lipinski definition) is 3. The van der Waals surface area contributed by atoms with Gasteiger partial charge in [-0.15, -0.1) is 13.2 Å². The maximum absolute atomic E-state index is 12.7. The van der Waals surface area contributed by atoms with Crippen molar-refractivity contribution in [2.24, 2.45) is 13.0 Å². The number of alkyl halides is 3. The molecular weight excluding hydrogens is 517 g/mol. The van der Waals surface area contributed by atoms with E-state index in [1.807, 2.05) is 20.2 Å². The molecule has 1 aromatic carbocycles. The van der Waals surface area contributed by atoms with E-state index in [0.717, 1.165) is 43.5 Å². The molecule has 39 heavy (non-hydrogen) atoms.